The van der Waals surface area contributed by atoms with Crippen molar-refractivity contribution in [3.8, 4) is 0 Å². The molecular weight excluding hydrogens is 350 g/mol. The molecule has 0 aliphatic heterocycles. The zero-order valence-electron chi connectivity index (χ0n) is 12.5. The minimum atomic E-state index is -0.172. The van der Waals surface area contributed by atoms with E-state index in [4.69, 9.17) is 0 Å². The summed E-state index contributed by atoms with van der Waals surface area (Å²) in [5, 5.41) is 12.5. The van der Waals surface area contributed by atoms with Crippen LogP contribution in [-0.2, 0) is 4.79 Å². The van der Waals surface area contributed by atoms with Gasteiger partial charge in [0.05, 0.1) is 11.9 Å². The zero-order valence-corrected chi connectivity index (χ0v) is 14.9. The van der Waals surface area contributed by atoms with Gasteiger partial charge in [-0.05, 0) is 62.3 Å². The molecular formula is C16H22BrNO2S. The normalized spacial score (nSPS) is 21.5. The Morgan fingerprint density at radius 2 is 2.14 bits per heavy atom. The van der Waals surface area contributed by atoms with Crippen molar-refractivity contribution in [1.82, 2.24) is 5.32 Å². The van der Waals surface area contributed by atoms with E-state index < -0.39 is 0 Å². The largest absolute Gasteiger partial charge is 0.393 e. The van der Waals surface area contributed by atoms with Gasteiger partial charge in [0.25, 0.3) is 0 Å². The predicted octanol–water partition coefficient (Wildman–Crippen LogP) is 3.44. The average molecular weight is 372 g/mol. The fourth-order valence-electron chi connectivity index (χ4n) is 2.60. The molecule has 2 atom stereocenters. The number of carbonyl (C=O) groups excluding carboxylic acids is 1. The summed E-state index contributed by atoms with van der Waals surface area (Å²) in [6.45, 7) is 4.80. The summed E-state index contributed by atoms with van der Waals surface area (Å²) >= 11 is 5.10. The smallest absolute Gasteiger partial charge is 0.230 e. The summed E-state index contributed by atoms with van der Waals surface area (Å²) < 4.78 is 1.11. The number of hydrogen-bond donors (Lipinski definition) is 2. The highest BCUT2D eigenvalue weighted by Crippen LogP contribution is 2.28. The monoisotopic (exact) mass is 371 g/mol. The van der Waals surface area contributed by atoms with Gasteiger partial charge in [0.2, 0.25) is 5.91 Å². The van der Waals surface area contributed by atoms with E-state index in [1.165, 1.54) is 11.1 Å². The second-order valence-corrected chi connectivity index (χ2v) is 7.66. The summed E-state index contributed by atoms with van der Waals surface area (Å²) in [6, 6.07) is 4.21. The third-order valence-corrected chi connectivity index (χ3v) is 5.93. The third kappa shape index (κ3) is 5.01. The van der Waals surface area contributed by atoms with Crippen LogP contribution in [0, 0.1) is 19.8 Å². The zero-order chi connectivity index (χ0) is 15.4. The summed E-state index contributed by atoms with van der Waals surface area (Å²) in [4.78, 5) is 13.1. The van der Waals surface area contributed by atoms with Crippen LogP contribution in [0.5, 0.6) is 0 Å². The molecule has 1 aliphatic carbocycles. The summed E-state index contributed by atoms with van der Waals surface area (Å²) in [7, 11) is 0. The number of nitrogens with one attached hydrogen (secondary N) is 1. The fourth-order valence-corrected chi connectivity index (χ4v) is 3.99. The molecule has 2 unspecified atom stereocenters. The van der Waals surface area contributed by atoms with E-state index in [2.05, 4.69) is 47.2 Å². The number of benzene rings is 1. The van der Waals surface area contributed by atoms with E-state index >= 15 is 0 Å². The lowest BCUT2D eigenvalue weighted by Gasteiger charge is -2.12. The number of aryl methyl sites for hydroxylation is 2. The molecule has 1 amide bonds. The molecule has 1 aromatic rings. The molecule has 116 valence electrons. The maximum atomic E-state index is 11.9. The average Bonchev–Trinajstić information content (AvgIpc) is 2.85. The van der Waals surface area contributed by atoms with Gasteiger partial charge in [-0.3, -0.25) is 4.79 Å². The van der Waals surface area contributed by atoms with Crippen molar-refractivity contribution in [3.63, 3.8) is 0 Å². The molecule has 0 spiro atoms. The molecule has 2 rings (SSSR count). The summed E-state index contributed by atoms with van der Waals surface area (Å²) in [5.41, 5.74) is 2.37. The Morgan fingerprint density at radius 1 is 1.38 bits per heavy atom. The van der Waals surface area contributed by atoms with Crippen LogP contribution in [0.25, 0.3) is 0 Å². The molecule has 1 aliphatic rings. The van der Waals surface area contributed by atoms with Crippen molar-refractivity contribution in [2.75, 3.05) is 12.3 Å². The first kappa shape index (κ1) is 16.8. The lowest BCUT2D eigenvalue weighted by molar-refractivity contribution is -0.118. The van der Waals surface area contributed by atoms with Gasteiger partial charge in [-0.25, -0.2) is 0 Å². The quantitative estimate of drug-likeness (QED) is 0.779. The SMILES string of the molecule is Cc1cc(SCC(=O)NCC2CCC(O)C2)c(C)cc1Br. The molecule has 0 radical (unpaired) electrons. The molecule has 1 saturated carbocycles. The molecule has 0 saturated heterocycles. The van der Waals surface area contributed by atoms with Gasteiger partial charge in [0, 0.05) is 15.9 Å². The Morgan fingerprint density at radius 3 is 2.81 bits per heavy atom. The van der Waals surface area contributed by atoms with Gasteiger partial charge < -0.3 is 10.4 Å². The van der Waals surface area contributed by atoms with E-state index in [1.54, 1.807) is 11.8 Å². The van der Waals surface area contributed by atoms with Crippen molar-refractivity contribution >= 4 is 33.6 Å². The predicted molar refractivity (Wildman–Crippen MR) is 90.7 cm³/mol. The first-order valence-electron chi connectivity index (χ1n) is 7.30. The van der Waals surface area contributed by atoms with Crippen molar-refractivity contribution < 1.29 is 9.90 Å². The lowest BCUT2D eigenvalue weighted by atomic mass is 10.1. The van der Waals surface area contributed by atoms with Crippen LogP contribution in [0.3, 0.4) is 0 Å². The third-order valence-electron chi connectivity index (χ3n) is 3.92. The Kier molecular flexibility index (Phi) is 6.14. The first-order chi connectivity index (χ1) is 9.95. The molecule has 0 heterocycles. The molecule has 3 nitrogen and oxygen atoms in total. The van der Waals surface area contributed by atoms with Crippen LogP contribution in [0.1, 0.15) is 30.4 Å². The van der Waals surface area contributed by atoms with Crippen LogP contribution >= 0.6 is 27.7 Å². The van der Waals surface area contributed by atoms with Crippen molar-refractivity contribution in [2.24, 2.45) is 5.92 Å². The maximum Gasteiger partial charge on any atom is 0.230 e. The summed E-state index contributed by atoms with van der Waals surface area (Å²) in [5.74, 6) is 0.948. The van der Waals surface area contributed by atoms with Crippen LogP contribution in [0.2, 0.25) is 0 Å². The number of aliphatic hydroxyl groups excluding tert-OH is 1. The number of aliphatic hydroxyl groups is 1. The molecule has 1 aromatic carbocycles. The Labute approximate surface area is 139 Å². The maximum absolute atomic E-state index is 11.9. The fraction of sp³-hybridized carbons (Fsp3) is 0.562. The molecule has 2 N–H and O–H groups in total. The Balaban J connectivity index is 1.77. The van der Waals surface area contributed by atoms with Crippen LogP contribution in [0.4, 0.5) is 0 Å². The van der Waals surface area contributed by atoms with Gasteiger partial charge in [-0.2, -0.15) is 0 Å². The molecule has 5 heteroatoms. The Hall–Kier alpha value is -0.520. The van der Waals surface area contributed by atoms with Crippen LogP contribution < -0.4 is 5.32 Å². The van der Waals surface area contributed by atoms with E-state index in [-0.39, 0.29) is 12.0 Å². The summed E-state index contributed by atoms with van der Waals surface area (Å²) in [6.07, 6.45) is 2.53. The van der Waals surface area contributed by atoms with E-state index in [0.717, 1.165) is 28.6 Å². The van der Waals surface area contributed by atoms with Gasteiger partial charge in [0.15, 0.2) is 0 Å². The van der Waals surface area contributed by atoms with E-state index in [1.807, 2.05) is 0 Å². The van der Waals surface area contributed by atoms with Crippen molar-refractivity contribution in [1.29, 1.82) is 0 Å². The highest BCUT2D eigenvalue weighted by molar-refractivity contribution is 9.10. The molecule has 0 aromatic heterocycles. The number of rotatable bonds is 5. The number of hydrogen-bond acceptors (Lipinski definition) is 3. The highest BCUT2D eigenvalue weighted by atomic mass is 79.9. The van der Waals surface area contributed by atoms with E-state index in [0.29, 0.717) is 18.2 Å². The number of carbonyl (C=O) groups is 1. The molecule has 0 bridgehead atoms. The van der Waals surface area contributed by atoms with Crippen LogP contribution in [0.15, 0.2) is 21.5 Å². The number of thioether (sulfide) groups is 1. The van der Waals surface area contributed by atoms with Gasteiger partial charge in [-0.15, -0.1) is 11.8 Å². The number of halogens is 1. The highest BCUT2D eigenvalue weighted by Gasteiger charge is 2.22. The molecule has 1 fully saturated rings. The van der Waals surface area contributed by atoms with Gasteiger partial charge in [0.1, 0.15) is 0 Å². The first-order valence-corrected chi connectivity index (χ1v) is 9.08. The minimum absolute atomic E-state index is 0.0707. The van der Waals surface area contributed by atoms with Gasteiger partial charge >= 0.3 is 0 Å². The number of amides is 1. The molecule has 21 heavy (non-hydrogen) atoms. The van der Waals surface area contributed by atoms with Crippen molar-refractivity contribution in [3.05, 3.63) is 27.7 Å². The second kappa shape index (κ2) is 7.65. The lowest BCUT2D eigenvalue weighted by Crippen LogP contribution is -2.30. The van der Waals surface area contributed by atoms with E-state index in [9.17, 15) is 9.90 Å². The van der Waals surface area contributed by atoms with Crippen LogP contribution in [-0.4, -0.2) is 29.4 Å². The van der Waals surface area contributed by atoms with Crippen molar-refractivity contribution in [2.45, 2.75) is 44.1 Å². The Bertz CT molecular complexity index is 521. The topological polar surface area (TPSA) is 49.3 Å². The standard InChI is InChI=1S/C16H22BrNO2S/c1-10-6-15(11(2)5-14(10)17)21-9-16(20)18-8-12-3-4-13(19)7-12/h5-6,12-13,19H,3-4,7-9H2,1-2H3,(H,18,20). The minimum Gasteiger partial charge on any atom is -0.393 e. The van der Waals surface area contributed by atoms with Gasteiger partial charge in [-0.1, -0.05) is 15.9 Å². The second-order valence-electron chi connectivity index (χ2n) is 5.79.